The van der Waals surface area contributed by atoms with Crippen LogP contribution in [0.4, 0.5) is 11.4 Å². The lowest BCUT2D eigenvalue weighted by Crippen LogP contribution is -2.26. The molecule has 4 N–H and O–H groups in total. The Kier molecular flexibility index (Phi) is 4.98. The van der Waals surface area contributed by atoms with Crippen LogP contribution in [0.2, 0.25) is 0 Å². The Balaban J connectivity index is 2.62. The number of rotatable bonds is 5. The molecule has 0 atom stereocenters. The second kappa shape index (κ2) is 6.48. The van der Waals surface area contributed by atoms with Gasteiger partial charge in [-0.15, -0.1) is 0 Å². The van der Waals surface area contributed by atoms with Crippen LogP contribution in [0, 0.1) is 0 Å². The zero-order valence-corrected chi connectivity index (χ0v) is 10.4. The second-order valence-electron chi connectivity index (χ2n) is 3.70. The summed E-state index contributed by atoms with van der Waals surface area (Å²) in [6.45, 7) is 2.52. The monoisotopic (exact) mass is 251 g/mol. The molecule has 0 heterocycles. The van der Waals surface area contributed by atoms with Gasteiger partial charge in [-0.05, 0) is 18.2 Å². The number of ether oxygens (including phenoxy) is 1. The van der Waals surface area contributed by atoms with E-state index in [1.165, 1.54) is 14.0 Å². The van der Waals surface area contributed by atoms with Crippen LogP contribution in [0.25, 0.3) is 0 Å². The third kappa shape index (κ3) is 3.97. The van der Waals surface area contributed by atoms with E-state index in [9.17, 15) is 9.59 Å². The van der Waals surface area contributed by atoms with E-state index in [0.29, 0.717) is 24.3 Å². The number of benzene rings is 1. The highest BCUT2D eigenvalue weighted by molar-refractivity contribution is 5.96. The van der Waals surface area contributed by atoms with Crippen LogP contribution in [0.1, 0.15) is 17.3 Å². The number of hydrogen-bond donors (Lipinski definition) is 3. The summed E-state index contributed by atoms with van der Waals surface area (Å²) in [6.07, 6.45) is 0. The van der Waals surface area contributed by atoms with Crippen LogP contribution in [0.5, 0.6) is 0 Å². The average molecular weight is 251 g/mol. The summed E-state index contributed by atoms with van der Waals surface area (Å²) >= 11 is 0. The van der Waals surface area contributed by atoms with Crippen molar-refractivity contribution in [3.05, 3.63) is 23.8 Å². The summed E-state index contributed by atoms with van der Waals surface area (Å²) in [5.41, 5.74) is 7.11. The van der Waals surface area contributed by atoms with E-state index >= 15 is 0 Å². The molecule has 0 unspecified atom stereocenters. The molecule has 1 aromatic rings. The van der Waals surface area contributed by atoms with E-state index in [1.807, 2.05) is 0 Å². The minimum Gasteiger partial charge on any atom is -0.465 e. The van der Waals surface area contributed by atoms with Crippen LogP contribution in [0.3, 0.4) is 0 Å². The largest absolute Gasteiger partial charge is 0.465 e. The Morgan fingerprint density at radius 2 is 2.06 bits per heavy atom. The molecular weight excluding hydrogens is 234 g/mol. The summed E-state index contributed by atoms with van der Waals surface area (Å²) < 4.78 is 4.63. The quantitative estimate of drug-likeness (QED) is 0.405. The maximum atomic E-state index is 11.4. The fourth-order valence-electron chi connectivity index (χ4n) is 1.40. The molecule has 0 aliphatic carbocycles. The molecule has 0 aromatic heterocycles. The lowest BCUT2D eigenvalue weighted by molar-refractivity contribution is -0.118. The number of nitrogens with one attached hydrogen (secondary N) is 2. The topological polar surface area (TPSA) is 93.5 Å². The molecule has 1 rings (SSSR count). The third-order valence-electron chi connectivity index (χ3n) is 2.29. The molecule has 1 aromatic carbocycles. The van der Waals surface area contributed by atoms with E-state index in [4.69, 9.17) is 5.73 Å². The minimum absolute atomic E-state index is 0.0793. The van der Waals surface area contributed by atoms with Gasteiger partial charge in [-0.1, -0.05) is 0 Å². The van der Waals surface area contributed by atoms with Gasteiger partial charge in [0, 0.05) is 31.4 Å². The molecule has 0 bridgehead atoms. The van der Waals surface area contributed by atoms with Crippen molar-refractivity contribution < 1.29 is 14.3 Å². The normalized spacial score (nSPS) is 9.67. The fourth-order valence-corrected chi connectivity index (χ4v) is 1.40. The van der Waals surface area contributed by atoms with Crippen molar-refractivity contribution in [3.63, 3.8) is 0 Å². The van der Waals surface area contributed by atoms with E-state index in [1.54, 1.807) is 18.2 Å². The van der Waals surface area contributed by atoms with Crippen molar-refractivity contribution in [3.8, 4) is 0 Å². The first-order chi connectivity index (χ1) is 8.54. The van der Waals surface area contributed by atoms with Gasteiger partial charge >= 0.3 is 5.97 Å². The number of carbonyl (C=O) groups excluding carboxylic acids is 2. The van der Waals surface area contributed by atoms with Crippen LogP contribution >= 0.6 is 0 Å². The SMILES string of the molecule is COC(=O)c1cc(NCCNC(C)=O)ccc1N. The molecule has 6 heteroatoms. The molecule has 1 amide bonds. The van der Waals surface area contributed by atoms with Crippen molar-refractivity contribution in [2.75, 3.05) is 31.2 Å². The molecule has 0 saturated heterocycles. The van der Waals surface area contributed by atoms with Gasteiger partial charge in [0.1, 0.15) is 0 Å². The highest BCUT2D eigenvalue weighted by Crippen LogP contribution is 2.18. The van der Waals surface area contributed by atoms with Crippen molar-refractivity contribution >= 4 is 23.3 Å². The molecule has 18 heavy (non-hydrogen) atoms. The molecular formula is C12H17N3O3. The predicted octanol–water partition coefficient (Wildman–Crippen LogP) is 0.603. The van der Waals surface area contributed by atoms with E-state index in [-0.39, 0.29) is 5.91 Å². The molecule has 0 radical (unpaired) electrons. The maximum absolute atomic E-state index is 11.4. The zero-order chi connectivity index (χ0) is 13.5. The first kappa shape index (κ1) is 13.8. The van der Waals surface area contributed by atoms with Gasteiger partial charge < -0.3 is 21.1 Å². The van der Waals surface area contributed by atoms with E-state index < -0.39 is 5.97 Å². The van der Waals surface area contributed by atoms with Crippen molar-refractivity contribution in [2.24, 2.45) is 0 Å². The number of anilines is 2. The van der Waals surface area contributed by atoms with Gasteiger partial charge in [0.15, 0.2) is 0 Å². The molecule has 0 fully saturated rings. The van der Waals surface area contributed by atoms with E-state index in [2.05, 4.69) is 15.4 Å². The molecule has 98 valence electrons. The van der Waals surface area contributed by atoms with Crippen molar-refractivity contribution in [1.29, 1.82) is 0 Å². The summed E-state index contributed by atoms with van der Waals surface area (Å²) in [7, 11) is 1.30. The molecule has 0 aliphatic heterocycles. The number of nitrogens with two attached hydrogens (primary N) is 1. The fraction of sp³-hybridized carbons (Fsp3) is 0.333. The van der Waals surface area contributed by atoms with Gasteiger partial charge in [-0.3, -0.25) is 4.79 Å². The molecule has 0 saturated carbocycles. The highest BCUT2D eigenvalue weighted by Gasteiger charge is 2.10. The lowest BCUT2D eigenvalue weighted by atomic mass is 10.1. The lowest BCUT2D eigenvalue weighted by Gasteiger charge is -2.09. The van der Waals surface area contributed by atoms with Crippen LogP contribution < -0.4 is 16.4 Å². The number of methoxy groups -OCH3 is 1. The van der Waals surface area contributed by atoms with Gasteiger partial charge in [0.05, 0.1) is 12.7 Å². The predicted molar refractivity (Wildman–Crippen MR) is 69.4 cm³/mol. The van der Waals surface area contributed by atoms with E-state index in [0.717, 1.165) is 5.69 Å². The van der Waals surface area contributed by atoms with Gasteiger partial charge in [0.25, 0.3) is 0 Å². The Labute approximate surface area is 105 Å². The van der Waals surface area contributed by atoms with Crippen LogP contribution in [-0.4, -0.2) is 32.1 Å². The molecule has 0 spiro atoms. The highest BCUT2D eigenvalue weighted by atomic mass is 16.5. The van der Waals surface area contributed by atoms with Gasteiger partial charge in [-0.2, -0.15) is 0 Å². The Hall–Kier alpha value is -2.24. The number of nitrogen functional groups attached to an aromatic ring is 1. The summed E-state index contributed by atoms with van der Waals surface area (Å²) in [5, 5.41) is 5.73. The molecule has 0 aliphatic rings. The van der Waals surface area contributed by atoms with Gasteiger partial charge in [0.2, 0.25) is 5.91 Å². The number of amides is 1. The van der Waals surface area contributed by atoms with Gasteiger partial charge in [-0.25, -0.2) is 4.79 Å². The first-order valence-corrected chi connectivity index (χ1v) is 5.50. The smallest absolute Gasteiger partial charge is 0.340 e. The van der Waals surface area contributed by atoms with Crippen LogP contribution in [0.15, 0.2) is 18.2 Å². The number of carbonyl (C=O) groups is 2. The number of esters is 1. The third-order valence-corrected chi connectivity index (χ3v) is 2.29. The Morgan fingerprint density at radius 3 is 2.67 bits per heavy atom. The van der Waals surface area contributed by atoms with Crippen molar-refractivity contribution in [2.45, 2.75) is 6.92 Å². The van der Waals surface area contributed by atoms with Crippen LogP contribution in [-0.2, 0) is 9.53 Å². The molecule has 6 nitrogen and oxygen atoms in total. The minimum atomic E-state index is -0.474. The van der Waals surface area contributed by atoms with Crippen molar-refractivity contribution in [1.82, 2.24) is 5.32 Å². The Bertz CT molecular complexity index is 446. The first-order valence-electron chi connectivity index (χ1n) is 5.50. The Morgan fingerprint density at radius 1 is 1.33 bits per heavy atom. The average Bonchev–Trinajstić information content (AvgIpc) is 2.35. The summed E-state index contributed by atoms with van der Waals surface area (Å²) in [4.78, 5) is 22.1. The standard InChI is InChI=1S/C12H17N3O3/c1-8(16)14-5-6-15-9-3-4-11(13)10(7-9)12(17)18-2/h3-4,7,15H,5-6,13H2,1-2H3,(H,14,16). The number of hydrogen-bond acceptors (Lipinski definition) is 5. The maximum Gasteiger partial charge on any atom is 0.340 e. The summed E-state index contributed by atoms with van der Waals surface area (Å²) in [5.74, 6) is -0.553. The summed E-state index contributed by atoms with van der Waals surface area (Å²) in [6, 6.07) is 5.01. The zero-order valence-electron chi connectivity index (χ0n) is 10.4. The second-order valence-corrected chi connectivity index (χ2v) is 3.70.